The zero-order valence-corrected chi connectivity index (χ0v) is 16.5. The van der Waals surface area contributed by atoms with Crippen molar-refractivity contribution in [3.05, 3.63) is 62.9 Å². The summed E-state index contributed by atoms with van der Waals surface area (Å²) in [6, 6.07) is 7.45. The Labute approximate surface area is 170 Å². The standard InChI is InChI=1S/C17H16ClFN4O5S/c18-14-2-1-3-15(19)13(14)11-20-21-16-5-4-12(23(24)25)10-17(16)29(26,27)22-6-8-28-9-7-22/h1-5,10-11,21H,6-9H2/b20-11+. The molecule has 29 heavy (non-hydrogen) atoms. The van der Waals surface area contributed by atoms with Gasteiger partial charge in [0.25, 0.3) is 5.69 Å². The number of hydrazone groups is 1. The van der Waals surface area contributed by atoms with Gasteiger partial charge < -0.3 is 4.74 Å². The molecule has 0 saturated carbocycles. The zero-order valence-electron chi connectivity index (χ0n) is 14.9. The van der Waals surface area contributed by atoms with Crippen LogP contribution in [0.5, 0.6) is 0 Å². The second-order valence-corrected chi connectivity index (χ2v) is 8.27. The fourth-order valence-corrected chi connectivity index (χ4v) is 4.44. The third-order valence-electron chi connectivity index (χ3n) is 4.14. The van der Waals surface area contributed by atoms with Gasteiger partial charge >= 0.3 is 0 Å². The molecule has 1 aliphatic rings. The summed E-state index contributed by atoms with van der Waals surface area (Å²) in [5.74, 6) is -0.604. The molecule has 2 aromatic rings. The fourth-order valence-electron chi connectivity index (χ4n) is 2.66. The van der Waals surface area contributed by atoms with Gasteiger partial charge in [0, 0.05) is 30.8 Å². The average molecular weight is 443 g/mol. The van der Waals surface area contributed by atoms with Gasteiger partial charge in [-0.2, -0.15) is 9.41 Å². The van der Waals surface area contributed by atoms with Crippen molar-refractivity contribution in [1.82, 2.24) is 4.31 Å². The van der Waals surface area contributed by atoms with Crippen LogP contribution in [0.3, 0.4) is 0 Å². The molecular weight excluding hydrogens is 427 g/mol. The van der Waals surface area contributed by atoms with Crippen LogP contribution < -0.4 is 5.43 Å². The Kier molecular flexibility index (Phi) is 6.42. The van der Waals surface area contributed by atoms with Gasteiger partial charge in [-0.1, -0.05) is 17.7 Å². The first-order chi connectivity index (χ1) is 13.8. The Morgan fingerprint density at radius 2 is 2.00 bits per heavy atom. The Bertz CT molecular complexity index is 1040. The van der Waals surface area contributed by atoms with E-state index >= 15 is 0 Å². The molecule has 12 heteroatoms. The molecule has 1 fully saturated rings. The maximum atomic E-state index is 13.8. The van der Waals surface area contributed by atoms with Gasteiger partial charge in [0.2, 0.25) is 10.0 Å². The van der Waals surface area contributed by atoms with Crippen molar-refractivity contribution >= 4 is 39.2 Å². The predicted octanol–water partition coefficient (Wildman–Crippen LogP) is 2.85. The largest absolute Gasteiger partial charge is 0.379 e. The molecule has 0 atom stereocenters. The molecule has 1 N–H and O–H groups in total. The number of non-ortho nitro benzene ring substituents is 1. The van der Waals surface area contributed by atoms with E-state index in [-0.39, 0.29) is 53.2 Å². The fraction of sp³-hybridized carbons (Fsp3) is 0.235. The number of anilines is 1. The maximum Gasteiger partial charge on any atom is 0.270 e. The number of nitro groups is 1. The number of halogens is 2. The van der Waals surface area contributed by atoms with Gasteiger partial charge in [0.15, 0.2) is 0 Å². The summed E-state index contributed by atoms with van der Waals surface area (Å²) in [5.41, 5.74) is 2.15. The van der Waals surface area contributed by atoms with Crippen LogP contribution in [0.1, 0.15) is 5.56 Å². The molecule has 0 bridgehead atoms. The van der Waals surface area contributed by atoms with E-state index in [2.05, 4.69) is 10.5 Å². The number of hydrogen-bond donors (Lipinski definition) is 1. The number of rotatable bonds is 6. The van der Waals surface area contributed by atoms with Crippen LogP contribution in [0.15, 0.2) is 46.4 Å². The van der Waals surface area contributed by atoms with E-state index < -0.39 is 20.8 Å². The van der Waals surface area contributed by atoms with Gasteiger partial charge in [0.05, 0.1) is 35.1 Å². The summed E-state index contributed by atoms with van der Waals surface area (Å²) in [5, 5.41) is 15.1. The Morgan fingerprint density at radius 1 is 1.28 bits per heavy atom. The topological polar surface area (TPSA) is 114 Å². The van der Waals surface area contributed by atoms with Crippen LogP contribution in [0.4, 0.5) is 15.8 Å². The smallest absolute Gasteiger partial charge is 0.270 e. The van der Waals surface area contributed by atoms with Crippen LogP contribution in [0.25, 0.3) is 0 Å². The second-order valence-electron chi connectivity index (χ2n) is 5.96. The van der Waals surface area contributed by atoms with Crippen molar-refractivity contribution in [3.8, 4) is 0 Å². The van der Waals surface area contributed by atoms with Crippen molar-refractivity contribution in [2.75, 3.05) is 31.7 Å². The van der Waals surface area contributed by atoms with E-state index in [4.69, 9.17) is 16.3 Å². The van der Waals surface area contributed by atoms with Crippen molar-refractivity contribution in [3.63, 3.8) is 0 Å². The quantitative estimate of drug-likeness (QED) is 0.418. The number of morpholine rings is 1. The molecule has 1 saturated heterocycles. The maximum absolute atomic E-state index is 13.8. The Morgan fingerprint density at radius 3 is 2.66 bits per heavy atom. The Hall–Kier alpha value is -2.60. The number of hydrogen-bond acceptors (Lipinski definition) is 7. The molecule has 0 aliphatic carbocycles. The van der Waals surface area contributed by atoms with Gasteiger partial charge in [-0.3, -0.25) is 15.5 Å². The zero-order chi connectivity index (χ0) is 21.0. The number of sulfonamides is 1. The first-order valence-corrected chi connectivity index (χ1v) is 10.2. The monoisotopic (exact) mass is 442 g/mol. The van der Waals surface area contributed by atoms with Crippen LogP contribution in [0.2, 0.25) is 5.02 Å². The van der Waals surface area contributed by atoms with Gasteiger partial charge in [-0.25, -0.2) is 12.8 Å². The van der Waals surface area contributed by atoms with Gasteiger partial charge in [-0.15, -0.1) is 0 Å². The highest BCUT2D eigenvalue weighted by Crippen LogP contribution is 2.29. The molecule has 1 heterocycles. The van der Waals surface area contributed by atoms with E-state index in [9.17, 15) is 22.9 Å². The number of ether oxygens (including phenoxy) is 1. The molecule has 2 aromatic carbocycles. The normalized spacial score (nSPS) is 15.5. The summed E-state index contributed by atoms with van der Waals surface area (Å²) < 4.78 is 46.2. The summed E-state index contributed by atoms with van der Waals surface area (Å²) in [6.07, 6.45) is 1.10. The summed E-state index contributed by atoms with van der Waals surface area (Å²) >= 11 is 5.92. The van der Waals surface area contributed by atoms with Gasteiger partial charge in [0.1, 0.15) is 10.7 Å². The SMILES string of the molecule is O=[N+]([O-])c1ccc(N/N=C/c2c(F)cccc2Cl)c(S(=O)(=O)N2CCOCC2)c1. The lowest BCUT2D eigenvalue weighted by Crippen LogP contribution is -2.40. The van der Waals surface area contributed by atoms with E-state index in [1.165, 1.54) is 28.6 Å². The minimum atomic E-state index is -4.05. The Balaban J connectivity index is 1.96. The molecule has 3 rings (SSSR count). The van der Waals surface area contributed by atoms with Crippen molar-refractivity contribution in [2.24, 2.45) is 5.10 Å². The highest BCUT2D eigenvalue weighted by molar-refractivity contribution is 7.89. The minimum absolute atomic E-state index is 0.00537. The van der Waals surface area contributed by atoms with Crippen LogP contribution >= 0.6 is 11.6 Å². The van der Waals surface area contributed by atoms with Crippen molar-refractivity contribution < 1.29 is 22.5 Å². The predicted molar refractivity (Wildman–Crippen MR) is 105 cm³/mol. The van der Waals surface area contributed by atoms with Crippen molar-refractivity contribution in [1.29, 1.82) is 0 Å². The molecule has 154 valence electrons. The third-order valence-corrected chi connectivity index (χ3v) is 6.41. The van der Waals surface area contributed by atoms with Crippen LogP contribution in [-0.4, -0.2) is 50.2 Å². The van der Waals surface area contributed by atoms with E-state index in [1.807, 2.05) is 0 Å². The number of nitrogens with one attached hydrogen (secondary N) is 1. The first-order valence-electron chi connectivity index (χ1n) is 8.40. The van der Waals surface area contributed by atoms with Crippen LogP contribution in [-0.2, 0) is 14.8 Å². The number of benzene rings is 2. The number of nitrogens with zero attached hydrogens (tertiary/aromatic N) is 3. The summed E-state index contributed by atoms with van der Waals surface area (Å²) in [7, 11) is -4.05. The van der Waals surface area contributed by atoms with E-state index in [0.717, 1.165) is 18.3 Å². The van der Waals surface area contributed by atoms with Crippen LogP contribution in [0, 0.1) is 15.9 Å². The first kappa shape index (κ1) is 21.1. The molecule has 0 unspecified atom stereocenters. The second kappa shape index (κ2) is 8.82. The lowest BCUT2D eigenvalue weighted by molar-refractivity contribution is -0.385. The lowest BCUT2D eigenvalue weighted by Gasteiger charge is -2.26. The highest BCUT2D eigenvalue weighted by Gasteiger charge is 2.30. The molecule has 0 spiro atoms. The highest BCUT2D eigenvalue weighted by atomic mass is 35.5. The minimum Gasteiger partial charge on any atom is -0.379 e. The lowest BCUT2D eigenvalue weighted by atomic mass is 10.2. The third kappa shape index (κ3) is 4.70. The molecule has 9 nitrogen and oxygen atoms in total. The summed E-state index contributed by atoms with van der Waals surface area (Å²) in [4.78, 5) is 10.1. The molecule has 0 aromatic heterocycles. The number of nitro benzene ring substituents is 1. The molecule has 0 radical (unpaired) electrons. The van der Waals surface area contributed by atoms with Crippen molar-refractivity contribution in [2.45, 2.75) is 4.90 Å². The van der Waals surface area contributed by atoms with Gasteiger partial charge in [-0.05, 0) is 18.2 Å². The molecular formula is C17H16ClFN4O5S. The summed E-state index contributed by atoms with van der Waals surface area (Å²) in [6.45, 7) is 0.693. The van der Waals surface area contributed by atoms with E-state index in [0.29, 0.717) is 0 Å². The van der Waals surface area contributed by atoms with E-state index in [1.54, 1.807) is 0 Å². The molecule has 0 amide bonds. The average Bonchev–Trinajstić information content (AvgIpc) is 2.70. The molecule has 1 aliphatic heterocycles.